The van der Waals surface area contributed by atoms with Gasteiger partial charge in [-0.25, -0.2) is 9.97 Å². The van der Waals surface area contributed by atoms with Gasteiger partial charge in [-0.2, -0.15) is 0 Å². The summed E-state index contributed by atoms with van der Waals surface area (Å²) in [6.45, 7) is 5.97. The molecule has 3 N–H and O–H groups in total. The van der Waals surface area contributed by atoms with Crippen LogP contribution in [0.5, 0.6) is 0 Å². The normalized spacial score (nSPS) is 23.6. The maximum atomic E-state index is 12.3. The maximum absolute atomic E-state index is 12.3. The van der Waals surface area contributed by atoms with Crippen molar-refractivity contribution in [3.63, 3.8) is 0 Å². The van der Waals surface area contributed by atoms with E-state index in [-0.39, 0.29) is 11.2 Å². The first-order chi connectivity index (χ1) is 9.95. The molecule has 0 aromatic carbocycles. The molecule has 0 radical (unpaired) electrons. The van der Waals surface area contributed by atoms with Crippen LogP contribution < -0.4 is 11.1 Å². The van der Waals surface area contributed by atoms with Crippen LogP contribution in [0.3, 0.4) is 0 Å². The van der Waals surface area contributed by atoms with Crippen molar-refractivity contribution in [3.05, 3.63) is 11.8 Å². The number of hydrogen-bond donors (Lipinski definition) is 2. The van der Waals surface area contributed by atoms with Gasteiger partial charge >= 0.3 is 0 Å². The van der Waals surface area contributed by atoms with E-state index < -0.39 is 0 Å². The maximum Gasteiger partial charge on any atom is 0.233 e. The van der Waals surface area contributed by atoms with Crippen LogP contribution >= 0.6 is 11.8 Å². The Balaban J connectivity index is 1.92. The lowest BCUT2D eigenvalue weighted by atomic mass is 9.86. The van der Waals surface area contributed by atoms with Gasteiger partial charge in [-0.15, -0.1) is 0 Å². The molecule has 6 heteroatoms. The standard InChI is InChI=1S/C15H24N4OS/c1-9-6-4-5-7-12(9)18-14(20)11(3)21-15-17-10(2)8-13(16)19-15/h8-9,11-12H,4-7H2,1-3H3,(H,18,20)(H2,16,17,19). The molecule has 0 saturated heterocycles. The highest BCUT2D eigenvalue weighted by Crippen LogP contribution is 2.25. The van der Waals surface area contributed by atoms with Gasteiger partial charge in [0.1, 0.15) is 5.82 Å². The molecular formula is C15H24N4OS. The van der Waals surface area contributed by atoms with Crippen LogP contribution in [0.25, 0.3) is 0 Å². The molecule has 1 aromatic heterocycles. The number of amides is 1. The van der Waals surface area contributed by atoms with Gasteiger partial charge in [0, 0.05) is 17.8 Å². The first kappa shape index (κ1) is 16.1. The van der Waals surface area contributed by atoms with Gasteiger partial charge in [-0.1, -0.05) is 31.5 Å². The fraction of sp³-hybridized carbons (Fsp3) is 0.667. The summed E-state index contributed by atoms with van der Waals surface area (Å²) >= 11 is 1.36. The summed E-state index contributed by atoms with van der Waals surface area (Å²) in [6, 6.07) is 2.02. The van der Waals surface area contributed by atoms with E-state index in [1.807, 2.05) is 13.8 Å². The van der Waals surface area contributed by atoms with Crippen LogP contribution in [-0.4, -0.2) is 27.2 Å². The molecule has 3 atom stereocenters. The van der Waals surface area contributed by atoms with Crippen molar-refractivity contribution in [2.24, 2.45) is 5.92 Å². The number of nitrogens with one attached hydrogen (secondary N) is 1. The van der Waals surface area contributed by atoms with E-state index in [9.17, 15) is 4.79 Å². The SMILES string of the molecule is Cc1cc(N)nc(SC(C)C(=O)NC2CCCCC2C)n1. The predicted octanol–water partition coefficient (Wildman–Crippen LogP) is 2.54. The van der Waals surface area contributed by atoms with Crippen molar-refractivity contribution in [3.8, 4) is 0 Å². The molecule has 1 aliphatic carbocycles. The fourth-order valence-electron chi connectivity index (χ4n) is 2.66. The minimum absolute atomic E-state index is 0.0578. The second-order valence-corrected chi connectivity index (χ2v) is 7.16. The number of nitrogen functional groups attached to an aromatic ring is 1. The Morgan fingerprint density at radius 3 is 2.81 bits per heavy atom. The van der Waals surface area contributed by atoms with E-state index in [2.05, 4.69) is 22.2 Å². The second kappa shape index (κ2) is 7.11. The number of rotatable bonds is 4. The number of thioether (sulfide) groups is 1. The molecule has 116 valence electrons. The first-order valence-corrected chi connectivity index (χ1v) is 8.42. The molecule has 2 rings (SSSR count). The van der Waals surface area contributed by atoms with E-state index in [1.165, 1.54) is 31.0 Å². The lowest BCUT2D eigenvalue weighted by Crippen LogP contribution is -2.44. The molecular weight excluding hydrogens is 284 g/mol. The van der Waals surface area contributed by atoms with Crippen molar-refractivity contribution in [1.29, 1.82) is 0 Å². The number of aromatic nitrogens is 2. The molecule has 0 spiro atoms. The zero-order valence-electron chi connectivity index (χ0n) is 12.9. The Morgan fingerprint density at radius 2 is 2.14 bits per heavy atom. The van der Waals surface area contributed by atoms with Crippen molar-refractivity contribution >= 4 is 23.5 Å². The van der Waals surface area contributed by atoms with E-state index >= 15 is 0 Å². The van der Waals surface area contributed by atoms with Gasteiger partial charge in [-0.3, -0.25) is 4.79 Å². The van der Waals surface area contributed by atoms with E-state index in [0.29, 0.717) is 22.9 Å². The number of carbonyl (C=O) groups excluding carboxylic acids is 1. The Kier molecular flexibility index (Phi) is 5.45. The second-order valence-electron chi connectivity index (χ2n) is 5.85. The number of hydrogen-bond acceptors (Lipinski definition) is 5. The molecule has 5 nitrogen and oxygen atoms in total. The fourth-order valence-corrected chi connectivity index (χ4v) is 3.51. The van der Waals surface area contributed by atoms with Gasteiger partial charge < -0.3 is 11.1 Å². The molecule has 0 aliphatic heterocycles. The molecule has 0 bridgehead atoms. The Bertz CT molecular complexity index is 488. The zero-order chi connectivity index (χ0) is 15.4. The van der Waals surface area contributed by atoms with Gasteiger partial charge in [0.15, 0.2) is 5.16 Å². The molecule has 21 heavy (non-hydrogen) atoms. The van der Waals surface area contributed by atoms with Crippen LogP contribution in [0.1, 0.15) is 45.2 Å². The predicted molar refractivity (Wildman–Crippen MR) is 86.1 cm³/mol. The Morgan fingerprint density at radius 1 is 1.43 bits per heavy atom. The number of anilines is 1. The molecule has 1 fully saturated rings. The minimum Gasteiger partial charge on any atom is -0.384 e. The minimum atomic E-state index is -0.222. The summed E-state index contributed by atoms with van der Waals surface area (Å²) < 4.78 is 0. The van der Waals surface area contributed by atoms with E-state index in [0.717, 1.165) is 12.1 Å². The van der Waals surface area contributed by atoms with Crippen molar-refractivity contribution in [2.45, 2.75) is 62.9 Å². The molecule has 3 unspecified atom stereocenters. The number of nitrogens with zero attached hydrogens (tertiary/aromatic N) is 2. The van der Waals surface area contributed by atoms with Crippen molar-refractivity contribution < 1.29 is 4.79 Å². The molecule has 1 aliphatic rings. The summed E-state index contributed by atoms with van der Waals surface area (Å²) in [5.74, 6) is 1.06. The third-order valence-electron chi connectivity index (χ3n) is 3.94. The average Bonchev–Trinajstić information content (AvgIpc) is 2.40. The Hall–Kier alpha value is -1.30. The third-order valence-corrected chi connectivity index (χ3v) is 4.91. The number of nitrogens with two attached hydrogens (primary N) is 1. The number of carbonyl (C=O) groups is 1. The lowest BCUT2D eigenvalue weighted by molar-refractivity contribution is -0.121. The van der Waals surface area contributed by atoms with Crippen LogP contribution in [0.15, 0.2) is 11.2 Å². The summed E-state index contributed by atoms with van der Waals surface area (Å²) in [7, 11) is 0. The van der Waals surface area contributed by atoms with Gasteiger partial charge in [0.2, 0.25) is 5.91 Å². The molecule has 1 heterocycles. The highest BCUT2D eigenvalue weighted by Gasteiger charge is 2.25. The van der Waals surface area contributed by atoms with Crippen LogP contribution in [0.2, 0.25) is 0 Å². The zero-order valence-corrected chi connectivity index (χ0v) is 13.7. The van der Waals surface area contributed by atoms with Crippen LogP contribution in [-0.2, 0) is 4.79 Å². The van der Waals surface area contributed by atoms with Gasteiger partial charge in [-0.05, 0) is 32.6 Å². The summed E-state index contributed by atoms with van der Waals surface area (Å²) in [4.78, 5) is 20.8. The highest BCUT2D eigenvalue weighted by molar-refractivity contribution is 8.00. The quantitative estimate of drug-likeness (QED) is 0.660. The van der Waals surface area contributed by atoms with E-state index in [4.69, 9.17) is 5.73 Å². The highest BCUT2D eigenvalue weighted by atomic mass is 32.2. The molecule has 1 saturated carbocycles. The number of aryl methyl sites for hydroxylation is 1. The summed E-state index contributed by atoms with van der Waals surface area (Å²) in [5.41, 5.74) is 6.53. The largest absolute Gasteiger partial charge is 0.384 e. The lowest BCUT2D eigenvalue weighted by Gasteiger charge is -2.30. The molecule has 1 amide bonds. The van der Waals surface area contributed by atoms with Crippen molar-refractivity contribution in [2.75, 3.05) is 5.73 Å². The third kappa shape index (κ3) is 4.59. The van der Waals surface area contributed by atoms with Crippen LogP contribution in [0, 0.1) is 12.8 Å². The smallest absolute Gasteiger partial charge is 0.233 e. The van der Waals surface area contributed by atoms with Gasteiger partial charge in [0.25, 0.3) is 0 Å². The molecule has 1 aromatic rings. The van der Waals surface area contributed by atoms with Crippen LogP contribution in [0.4, 0.5) is 5.82 Å². The summed E-state index contributed by atoms with van der Waals surface area (Å²) in [6.07, 6.45) is 4.75. The van der Waals surface area contributed by atoms with Gasteiger partial charge in [0.05, 0.1) is 5.25 Å². The average molecular weight is 308 g/mol. The topological polar surface area (TPSA) is 80.9 Å². The first-order valence-electron chi connectivity index (χ1n) is 7.54. The van der Waals surface area contributed by atoms with Crippen molar-refractivity contribution in [1.82, 2.24) is 15.3 Å². The monoisotopic (exact) mass is 308 g/mol. The Labute approximate surface area is 130 Å². The summed E-state index contributed by atoms with van der Waals surface area (Å²) in [5, 5.41) is 3.51. The van der Waals surface area contributed by atoms with E-state index in [1.54, 1.807) is 6.07 Å².